The van der Waals surface area contributed by atoms with Gasteiger partial charge in [-0.1, -0.05) is 48.5 Å². The molecule has 0 spiro atoms. The van der Waals surface area contributed by atoms with E-state index in [9.17, 15) is 4.79 Å². The number of benzene rings is 2. The van der Waals surface area contributed by atoms with E-state index >= 15 is 0 Å². The van der Waals surface area contributed by atoms with Gasteiger partial charge in [-0.3, -0.25) is 4.79 Å². The van der Waals surface area contributed by atoms with Crippen LogP contribution in [0.5, 0.6) is 0 Å². The Labute approximate surface area is 153 Å². The van der Waals surface area contributed by atoms with Gasteiger partial charge in [0.2, 0.25) is 0 Å². The van der Waals surface area contributed by atoms with Crippen molar-refractivity contribution in [2.45, 2.75) is 18.8 Å². The van der Waals surface area contributed by atoms with Gasteiger partial charge in [-0.15, -0.1) is 0 Å². The first-order valence-electron chi connectivity index (χ1n) is 9.04. The molecule has 2 aromatic carbocycles. The Kier molecular flexibility index (Phi) is 4.73. The van der Waals surface area contributed by atoms with Crippen molar-refractivity contribution in [3.63, 3.8) is 0 Å². The van der Waals surface area contributed by atoms with Crippen molar-refractivity contribution >= 4 is 5.91 Å². The predicted molar refractivity (Wildman–Crippen MR) is 102 cm³/mol. The van der Waals surface area contributed by atoms with Gasteiger partial charge in [-0.2, -0.15) is 0 Å². The SMILES string of the molecule is O=C(c1ccccc1)N1CCC[C@H](c2ccnc(-c3ccccc3)n2)C1. The zero-order valence-corrected chi connectivity index (χ0v) is 14.6. The molecule has 4 rings (SSSR count). The first kappa shape index (κ1) is 16.5. The molecule has 1 aliphatic heterocycles. The Balaban J connectivity index is 1.54. The minimum Gasteiger partial charge on any atom is -0.338 e. The molecule has 1 amide bonds. The lowest BCUT2D eigenvalue weighted by atomic mass is 9.94. The van der Waals surface area contributed by atoms with E-state index in [-0.39, 0.29) is 11.8 Å². The lowest BCUT2D eigenvalue weighted by molar-refractivity contribution is 0.0706. The molecule has 0 saturated carbocycles. The van der Waals surface area contributed by atoms with Crippen LogP contribution < -0.4 is 0 Å². The second kappa shape index (κ2) is 7.48. The maximum atomic E-state index is 12.8. The smallest absolute Gasteiger partial charge is 0.253 e. The largest absolute Gasteiger partial charge is 0.338 e. The van der Waals surface area contributed by atoms with E-state index in [1.165, 1.54) is 0 Å². The summed E-state index contributed by atoms with van der Waals surface area (Å²) >= 11 is 0. The normalized spacial score (nSPS) is 17.1. The van der Waals surface area contributed by atoms with Crippen molar-refractivity contribution in [3.05, 3.63) is 84.2 Å². The molecule has 0 N–H and O–H groups in total. The highest BCUT2D eigenvalue weighted by Crippen LogP contribution is 2.27. The van der Waals surface area contributed by atoms with Gasteiger partial charge in [0, 0.05) is 42.0 Å². The van der Waals surface area contributed by atoms with Crippen molar-refractivity contribution < 1.29 is 4.79 Å². The summed E-state index contributed by atoms with van der Waals surface area (Å²) in [6.45, 7) is 1.51. The molecule has 26 heavy (non-hydrogen) atoms. The number of rotatable bonds is 3. The summed E-state index contributed by atoms with van der Waals surface area (Å²) in [5.74, 6) is 1.10. The van der Waals surface area contributed by atoms with E-state index in [0.29, 0.717) is 6.54 Å². The summed E-state index contributed by atoms with van der Waals surface area (Å²) in [7, 11) is 0. The maximum Gasteiger partial charge on any atom is 0.253 e. The lowest BCUT2D eigenvalue weighted by Crippen LogP contribution is -2.39. The maximum absolute atomic E-state index is 12.8. The van der Waals surface area contributed by atoms with Crippen LogP contribution in [0.1, 0.15) is 34.8 Å². The van der Waals surface area contributed by atoms with Crippen LogP contribution in [0.4, 0.5) is 0 Å². The second-order valence-corrected chi connectivity index (χ2v) is 6.63. The minimum atomic E-state index is 0.104. The number of amides is 1. The summed E-state index contributed by atoms with van der Waals surface area (Å²) in [5.41, 5.74) is 2.78. The monoisotopic (exact) mass is 343 g/mol. The third-order valence-corrected chi connectivity index (χ3v) is 4.86. The molecule has 1 saturated heterocycles. The molecule has 1 aromatic heterocycles. The zero-order valence-electron chi connectivity index (χ0n) is 14.6. The number of carbonyl (C=O) groups excluding carboxylic acids is 1. The number of hydrogen-bond donors (Lipinski definition) is 0. The highest BCUT2D eigenvalue weighted by Gasteiger charge is 2.26. The molecule has 0 radical (unpaired) electrons. The quantitative estimate of drug-likeness (QED) is 0.717. The summed E-state index contributed by atoms with van der Waals surface area (Å²) in [6, 6.07) is 21.5. The summed E-state index contributed by atoms with van der Waals surface area (Å²) in [5, 5.41) is 0. The van der Waals surface area contributed by atoms with Crippen LogP contribution in [0.15, 0.2) is 72.9 Å². The van der Waals surface area contributed by atoms with Gasteiger partial charge in [0.25, 0.3) is 5.91 Å². The van der Waals surface area contributed by atoms with E-state index in [1.807, 2.05) is 77.8 Å². The standard InChI is InChI=1S/C22H21N3O/c26-22(18-10-5-2-6-11-18)25-15-7-12-19(16-25)20-13-14-23-21(24-20)17-8-3-1-4-9-17/h1-6,8-11,13-14,19H,7,12,15-16H2/t19-/m0/s1. The van der Waals surface area contributed by atoms with E-state index < -0.39 is 0 Å². The highest BCUT2D eigenvalue weighted by molar-refractivity contribution is 5.94. The van der Waals surface area contributed by atoms with E-state index in [4.69, 9.17) is 4.98 Å². The van der Waals surface area contributed by atoms with Crippen LogP contribution >= 0.6 is 0 Å². The Morgan fingerprint density at radius 3 is 2.46 bits per heavy atom. The summed E-state index contributed by atoms with van der Waals surface area (Å²) < 4.78 is 0. The van der Waals surface area contributed by atoms with Gasteiger partial charge in [0.05, 0.1) is 0 Å². The molecular formula is C22H21N3O. The Bertz CT molecular complexity index is 880. The summed E-state index contributed by atoms with van der Waals surface area (Å²) in [6.07, 6.45) is 3.86. The van der Waals surface area contributed by atoms with Crippen molar-refractivity contribution in [2.75, 3.05) is 13.1 Å². The van der Waals surface area contributed by atoms with Gasteiger partial charge in [0.1, 0.15) is 0 Å². The van der Waals surface area contributed by atoms with Crippen LogP contribution in [0.3, 0.4) is 0 Å². The number of aromatic nitrogens is 2. The Morgan fingerprint density at radius 2 is 1.69 bits per heavy atom. The molecule has 1 atom stereocenters. The van der Waals surface area contributed by atoms with Crippen LogP contribution in [0.25, 0.3) is 11.4 Å². The van der Waals surface area contributed by atoms with Crippen LogP contribution in [0, 0.1) is 0 Å². The molecule has 0 unspecified atom stereocenters. The number of likely N-dealkylation sites (tertiary alicyclic amines) is 1. The third-order valence-electron chi connectivity index (χ3n) is 4.86. The van der Waals surface area contributed by atoms with Crippen molar-refractivity contribution in [1.29, 1.82) is 0 Å². The van der Waals surface area contributed by atoms with Gasteiger partial charge < -0.3 is 4.90 Å². The van der Waals surface area contributed by atoms with Gasteiger partial charge >= 0.3 is 0 Å². The number of piperidine rings is 1. The fourth-order valence-corrected chi connectivity index (χ4v) is 3.49. The van der Waals surface area contributed by atoms with Gasteiger partial charge in [-0.05, 0) is 31.0 Å². The molecule has 130 valence electrons. The van der Waals surface area contributed by atoms with Gasteiger partial charge in [-0.25, -0.2) is 9.97 Å². The average Bonchev–Trinajstić information content (AvgIpc) is 2.75. The fraction of sp³-hybridized carbons (Fsp3) is 0.227. The molecule has 1 fully saturated rings. The third kappa shape index (κ3) is 3.49. The summed E-state index contributed by atoms with van der Waals surface area (Å²) in [4.78, 5) is 23.9. The lowest BCUT2D eigenvalue weighted by Gasteiger charge is -2.32. The topological polar surface area (TPSA) is 46.1 Å². The van der Waals surface area contributed by atoms with E-state index in [2.05, 4.69) is 4.98 Å². The Morgan fingerprint density at radius 1 is 0.962 bits per heavy atom. The van der Waals surface area contributed by atoms with Crippen molar-refractivity contribution in [1.82, 2.24) is 14.9 Å². The van der Waals surface area contributed by atoms with Crippen molar-refractivity contribution in [3.8, 4) is 11.4 Å². The average molecular weight is 343 g/mol. The Hall–Kier alpha value is -3.01. The molecule has 4 heteroatoms. The number of carbonyl (C=O) groups is 1. The molecule has 0 bridgehead atoms. The minimum absolute atomic E-state index is 0.104. The fourth-order valence-electron chi connectivity index (χ4n) is 3.49. The van der Waals surface area contributed by atoms with Crippen molar-refractivity contribution in [2.24, 2.45) is 0 Å². The van der Waals surface area contributed by atoms with E-state index in [0.717, 1.165) is 42.0 Å². The first-order valence-corrected chi connectivity index (χ1v) is 9.04. The molecule has 0 aliphatic carbocycles. The number of hydrogen-bond acceptors (Lipinski definition) is 3. The van der Waals surface area contributed by atoms with Crippen LogP contribution in [-0.4, -0.2) is 33.9 Å². The predicted octanol–water partition coefficient (Wildman–Crippen LogP) is 4.16. The number of nitrogens with zero attached hydrogens (tertiary/aromatic N) is 3. The van der Waals surface area contributed by atoms with E-state index in [1.54, 1.807) is 0 Å². The molecule has 2 heterocycles. The van der Waals surface area contributed by atoms with Crippen LogP contribution in [0.2, 0.25) is 0 Å². The van der Waals surface area contributed by atoms with Crippen LogP contribution in [-0.2, 0) is 0 Å². The molecule has 1 aliphatic rings. The molecule has 4 nitrogen and oxygen atoms in total. The zero-order chi connectivity index (χ0) is 17.8. The second-order valence-electron chi connectivity index (χ2n) is 6.63. The molecular weight excluding hydrogens is 322 g/mol. The molecule has 3 aromatic rings. The van der Waals surface area contributed by atoms with Gasteiger partial charge in [0.15, 0.2) is 5.82 Å². The highest BCUT2D eigenvalue weighted by atomic mass is 16.2. The first-order chi connectivity index (χ1) is 12.8.